The molecule has 0 amide bonds. The number of hydrogen-bond donors (Lipinski definition) is 1. The van der Waals surface area contributed by atoms with Gasteiger partial charge in [0.1, 0.15) is 5.82 Å². The van der Waals surface area contributed by atoms with Crippen LogP contribution in [0.4, 0.5) is 19.0 Å². The number of aromatic nitrogens is 1. The number of nitrogen functional groups attached to an aromatic ring is 1. The van der Waals surface area contributed by atoms with Crippen LogP contribution in [0.1, 0.15) is 18.1 Å². The first kappa shape index (κ1) is 13.3. The minimum Gasteiger partial charge on any atom is -0.466 e. The van der Waals surface area contributed by atoms with E-state index in [1.807, 2.05) is 0 Å². The molecule has 0 aliphatic rings. The summed E-state index contributed by atoms with van der Waals surface area (Å²) in [6.45, 7) is 1.69. The monoisotopic (exact) mass is 248 g/mol. The van der Waals surface area contributed by atoms with E-state index in [0.29, 0.717) is 6.07 Å². The first-order chi connectivity index (χ1) is 7.84. The van der Waals surface area contributed by atoms with E-state index in [0.717, 1.165) is 6.20 Å². The Morgan fingerprint density at radius 1 is 1.53 bits per heavy atom. The number of esters is 1. The Morgan fingerprint density at radius 2 is 2.18 bits per heavy atom. The number of halogens is 3. The van der Waals surface area contributed by atoms with Crippen LogP contribution in [0.5, 0.6) is 0 Å². The lowest BCUT2D eigenvalue weighted by Crippen LogP contribution is -2.15. The van der Waals surface area contributed by atoms with Crippen LogP contribution < -0.4 is 5.73 Å². The number of pyridine rings is 1. The zero-order valence-corrected chi connectivity index (χ0v) is 9.04. The minimum absolute atomic E-state index is 0.114. The van der Waals surface area contributed by atoms with Crippen molar-refractivity contribution in [1.29, 1.82) is 0 Å². The lowest BCUT2D eigenvalue weighted by atomic mass is 10.1. The van der Waals surface area contributed by atoms with Gasteiger partial charge >= 0.3 is 12.1 Å². The summed E-state index contributed by atoms with van der Waals surface area (Å²) in [5.74, 6) is -0.977. The van der Waals surface area contributed by atoms with E-state index in [1.165, 1.54) is 0 Å². The summed E-state index contributed by atoms with van der Waals surface area (Å²) in [7, 11) is 0. The highest BCUT2D eigenvalue weighted by atomic mass is 19.4. The SMILES string of the molecule is CCOC(=O)Cc1cnc(N)cc1C(F)(F)F. The average molecular weight is 248 g/mol. The molecule has 0 fully saturated rings. The Balaban J connectivity index is 3.03. The number of carbonyl (C=O) groups is 1. The Hall–Kier alpha value is -1.79. The fourth-order valence-corrected chi connectivity index (χ4v) is 1.27. The molecule has 0 aromatic carbocycles. The van der Waals surface area contributed by atoms with Crippen molar-refractivity contribution in [3.63, 3.8) is 0 Å². The van der Waals surface area contributed by atoms with Gasteiger partial charge in [0.2, 0.25) is 0 Å². The molecule has 0 unspecified atom stereocenters. The van der Waals surface area contributed by atoms with Gasteiger partial charge in [-0.15, -0.1) is 0 Å². The van der Waals surface area contributed by atoms with Crippen LogP contribution in [0.3, 0.4) is 0 Å². The molecule has 0 radical (unpaired) electrons. The van der Waals surface area contributed by atoms with Gasteiger partial charge in [0, 0.05) is 6.20 Å². The van der Waals surface area contributed by atoms with Crippen molar-refractivity contribution in [2.24, 2.45) is 0 Å². The zero-order chi connectivity index (χ0) is 13.1. The van der Waals surface area contributed by atoms with Gasteiger partial charge in [0.05, 0.1) is 18.6 Å². The fraction of sp³-hybridized carbons (Fsp3) is 0.400. The van der Waals surface area contributed by atoms with Gasteiger partial charge < -0.3 is 10.5 Å². The number of alkyl halides is 3. The molecule has 0 spiro atoms. The molecular formula is C10H11F3N2O2. The van der Waals surface area contributed by atoms with Crippen LogP contribution in [-0.2, 0) is 22.1 Å². The van der Waals surface area contributed by atoms with E-state index in [-0.39, 0.29) is 18.0 Å². The average Bonchev–Trinajstić information content (AvgIpc) is 2.19. The molecule has 1 aromatic heterocycles. The molecule has 1 heterocycles. The molecule has 7 heteroatoms. The Labute approximate surface area is 95.6 Å². The van der Waals surface area contributed by atoms with Gasteiger partial charge in [0.15, 0.2) is 0 Å². The zero-order valence-electron chi connectivity index (χ0n) is 9.04. The maximum absolute atomic E-state index is 12.6. The summed E-state index contributed by atoms with van der Waals surface area (Å²) < 4.78 is 42.5. The molecule has 0 saturated carbocycles. The third-order valence-electron chi connectivity index (χ3n) is 1.95. The van der Waals surface area contributed by atoms with E-state index in [2.05, 4.69) is 9.72 Å². The summed E-state index contributed by atoms with van der Waals surface area (Å²) in [5.41, 5.74) is 3.98. The fourth-order valence-electron chi connectivity index (χ4n) is 1.27. The van der Waals surface area contributed by atoms with Crippen LogP contribution >= 0.6 is 0 Å². The second-order valence-corrected chi connectivity index (χ2v) is 3.25. The molecule has 94 valence electrons. The third kappa shape index (κ3) is 3.61. The Kier molecular flexibility index (Phi) is 3.93. The van der Waals surface area contributed by atoms with Crippen LogP contribution in [0.25, 0.3) is 0 Å². The highest BCUT2D eigenvalue weighted by molar-refractivity contribution is 5.73. The van der Waals surface area contributed by atoms with E-state index in [9.17, 15) is 18.0 Å². The van der Waals surface area contributed by atoms with Gasteiger partial charge in [-0.1, -0.05) is 0 Å². The van der Waals surface area contributed by atoms with Gasteiger partial charge in [-0.2, -0.15) is 13.2 Å². The summed E-state index contributed by atoms with van der Waals surface area (Å²) >= 11 is 0. The van der Waals surface area contributed by atoms with Crippen molar-refractivity contribution < 1.29 is 22.7 Å². The van der Waals surface area contributed by atoms with Crippen molar-refractivity contribution in [2.45, 2.75) is 19.5 Å². The van der Waals surface area contributed by atoms with Crippen LogP contribution in [-0.4, -0.2) is 17.6 Å². The molecule has 0 bridgehead atoms. The van der Waals surface area contributed by atoms with E-state index in [4.69, 9.17) is 5.73 Å². The maximum Gasteiger partial charge on any atom is 0.416 e. The largest absolute Gasteiger partial charge is 0.466 e. The van der Waals surface area contributed by atoms with Gasteiger partial charge in [-0.25, -0.2) is 4.98 Å². The molecule has 1 aromatic rings. The number of nitrogens with two attached hydrogens (primary N) is 1. The van der Waals surface area contributed by atoms with E-state index >= 15 is 0 Å². The summed E-state index contributed by atoms with van der Waals surface area (Å²) in [6.07, 6.45) is -4.11. The molecule has 4 nitrogen and oxygen atoms in total. The van der Waals surface area contributed by atoms with Crippen molar-refractivity contribution in [1.82, 2.24) is 4.98 Å². The molecule has 1 rings (SSSR count). The molecule has 0 aliphatic carbocycles. The topological polar surface area (TPSA) is 65.2 Å². The molecular weight excluding hydrogens is 237 g/mol. The van der Waals surface area contributed by atoms with E-state index in [1.54, 1.807) is 6.92 Å². The molecule has 2 N–H and O–H groups in total. The first-order valence-corrected chi connectivity index (χ1v) is 4.81. The highest BCUT2D eigenvalue weighted by Crippen LogP contribution is 2.32. The Morgan fingerprint density at radius 3 is 2.71 bits per heavy atom. The molecule has 0 atom stereocenters. The second-order valence-electron chi connectivity index (χ2n) is 3.25. The maximum atomic E-state index is 12.6. The van der Waals surface area contributed by atoms with Gasteiger partial charge in [-0.05, 0) is 18.6 Å². The lowest BCUT2D eigenvalue weighted by Gasteiger charge is -2.12. The normalized spacial score (nSPS) is 11.3. The number of nitrogens with zero attached hydrogens (tertiary/aromatic N) is 1. The number of hydrogen-bond acceptors (Lipinski definition) is 4. The smallest absolute Gasteiger partial charge is 0.416 e. The molecule has 0 saturated heterocycles. The van der Waals surface area contributed by atoms with Crippen LogP contribution in [0, 0.1) is 0 Å². The second kappa shape index (κ2) is 5.03. The number of rotatable bonds is 3. The summed E-state index contributed by atoms with van der Waals surface area (Å²) in [5, 5.41) is 0. The minimum atomic E-state index is -4.57. The third-order valence-corrected chi connectivity index (χ3v) is 1.95. The molecule has 17 heavy (non-hydrogen) atoms. The predicted octanol–water partition coefficient (Wildman–Crippen LogP) is 1.79. The van der Waals surface area contributed by atoms with Crippen molar-refractivity contribution >= 4 is 11.8 Å². The van der Waals surface area contributed by atoms with Crippen LogP contribution in [0.15, 0.2) is 12.3 Å². The number of anilines is 1. The Bertz CT molecular complexity index is 419. The highest BCUT2D eigenvalue weighted by Gasteiger charge is 2.34. The van der Waals surface area contributed by atoms with Crippen LogP contribution in [0.2, 0.25) is 0 Å². The summed E-state index contributed by atoms with van der Waals surface area (Å²) in [4.78, 5) is 14.7. The lowest BCUT2D eigenvalue weighted by molar-refractivity contribution is -0.143. The molecule has 0 aliphatic heterocycles. The standard InChI is InChI=1S/C10H11F3N2O2/c1-2-17-9(16)3-6-5-15-8(14)4-7(6)10(11,12)13/h4-5H,2-3H2,1H3,(H2,14,15). The number of ether oxygens (including phenoxy) is 1. The quantitative estimate of drug-likeness (QED) is 0.828. The van der Waals surface area contributed by atoms with Crippen molar-refractivity contribution in [3.05, 3.63) is 23.4 Å². The van der Waals surface area contributed by atoms with Gasteiger partial charge in [-0.3, -0.25) is 4.79 Å². The number of carbonyl (C=O) groups excluding carboxylic acids is 1. The predicted molar refractivity (Wildman–Crippen MR) is 54.0 cm³/mol. The van der Waals surface area contributed by atoms with Gasteiger partial charge in [0.25, 0.3) is 0 Å². The first-order valence-electron chi connectivity index (χ1n) is 4.81. The van der Waals surface area contributed by atoms with Crippen molar-refractivity contribution in [3.8, 4) is 0 Å². The summed E-state index contributed by atoms with van der Waals surface area (Å²) in [6, 6.07) is 0.703. The van der Waals surface area contributed by atoms with Crippen molar-refractivity contribution in [2.75, 3.05) is 12.3 Å². The van der Waals surface area contributed by atoms with E-state index < -0.39 is 24.1 Å².